The van der Waals surface area contributed by atoms with E-state index < -0.39 is 33.5 Å². The van der Waals surface area contributed by atoms with E-state index in [1.54, 1.807) is 0 Å². The second-order valence-electron chi connectivity index (χ2n) is 6.21. The Morgan fingerprint density at radius 1 is 1.36 bits per heavy atom. The van der Waals surface area contributed by atoms with Crippen LogP contribution in [0.2, 0.25) is 0 Å². The van der Waals surface area contributed by atoms with Gasteiger partial charge in [0, 0.05) is 19.6 Å². The van der Waals surface area contributed by atoms with E-state index in [4.69, 9.17) is 9.84 Å². The highest BCUT2D eigenvalue weighted by Crippen LogP contribution is 2.12. The summed E-state index contributed by atoms with van der Waals surface area (Å²) in [6.07, 6.45) is 0.600. The van der Waals surface area contributed by atoms with Crippen LogP contribution in [0.1, 0.15) is 33.6 Å². The predicted molar refractivity (Wildman–Crippen MR) is 79.9 cm³/mol. The molecule has 22 heavy (non-hydrogen) atoms. The molecule has 1 heterocycles. The van der Waals surface area contributed by atoms with Gasteiger partial charge in [0.05, 0.1) is 17.9 Å². The molecule has 0 aromatic carbocycles. The van der Waals surface area contributed by atoms with Gasteiger partial charge in [-0.25, -0.2) is 13.2 Å². The van der Waals surface area contributed by atoms with Crippen LogP contribution in [-0.2, 0) is 24.3 Å². The molecule has 0 saturated carbocycles. The highest BCUT2D eigenvalue weighted by Gasteiger charge is 2.31. The van der Waals surface area contributed by atoms with Crippen molar-refractivity contribution in [2.75, 3.05) is 25.4 Å². The van der Waals surface area contributed by atoms with E-state index in [9.17, 15) is 18.0 Å². The van der Waals surface area contributed by atoms with Gasteiger partial charge in [0.15, 0.2) is 0 Å². The van der Waals surface area contributed by atoms with E-state index in [1.807, 2.05) is 20.8 Å². The SMILES string of the molecule is CC(C)(C)OCCC(NC(=O)CN1CCCS1(=O)=O)C(=O)O. The average molecular weight is 336 g/mol. The van der Waals surface area contributed by atoms with Crippen molar-refractivity contribution in [2.24, 2.45) is 0 Å². The van der Waals surface area contributed by atoms with Crippen molar-refractivity contribution in [3.8, 4) is 0 Å². The fourth-order valence-electron chi connectivity index (χ4n) is 2.01. The lowest BCUT2D eigenvalue weighted by Gasteiger charge is -2.22. The van der Waals surface area contributed by atoms with Crippen LogP contribution in [0.4, 0.5) is 0 Å². The van der Waals surface area contributed by atoms with Gasteiger partial charge in [-0.2, -0.15) is 4.31 Å². The number of carbonyl (C=O) groups excluding carboxylic acids is 1. The molecule has 9 heteroatoms. The first kappa shape index (κ1) is 18.9. The van der Waals surface area contributed by atoms with Crippen LogP contribution in [0.3, 0.4) is 0 Å². The Morgan fingerprint density at radius 3 is 2.45 bits per heavy atom. The van der Waals surface area contributed by atoms with Crippen LogP contribution in [0.25, 0.3) is 0 Å². The van der Waals surface area contributed by atoms with Crippen molar-refractivity contribution in [2.45, 2.75) is 45.3 Å². The molecule has 1 aliphatic heterocycles. The number of carbonyl (C=O) groups is 2. The highest BCUT2D eigenvalue weighted by atomic mass is 32.2. The third kappa shape index (κ3) is 6.29. The molecule has 0 spiro atoms. The summed E-state index contributed by atoms with van der Waals surface area (Å²) in [6.45, 7) is 5.67. The maximum Gasteiger partial charge on any atom is 0.326 e. The monoisotopic (exact) mass is 336 g/mol. The van der Waals surface area contributed by atoms with Gasteiger partial charge in [-0.05, 0) is 27.2 Å². The van der Waals surface area contributed by atoms with Crippen molar-refractivity contribution in [3.63, 3.8) is 0 Å². The molecular formula is C13H24N2O6S. The number of carboxylic acid groups (broad SMARTS) is 1. The second kappa shape index (κ2) is 7.38. The lowest BCUT2D eigenvalue weighted by molar-refractivity contribution is -0.142. The quantitative estimate of drug-likeness (QED) is 0.665. The van der Waals surface area contributed by atoms with Gasteiger partial charge in [0.2, 0.25) is 15.9 Å². The molecule has 1 rings (SSSR count). The number of nitrogens with zero attached hydrogens (tertiary/aromatic N) is 1. The number of hydrogen-bond donors (Lipinski definition) is 2. The molecule has 2 N–H and O–H groups in total. The number of rotatable bonds is 7. The summed E-state index contributed by atoms with van der Waals surface area (Å²) < 4.78 is 29.7. The molecule has 0 aromatic heterocycles. The van der Waals surface area contributed by atoms with Crippen LogP contribution < -0.4 is 5.32 Å². The van der Waals surface area contributed by atoms with Crippen LogP contribution in [-0.4, -0.2) is 66.8 Å². The first-order valence-electron chi connectivity index (χ1n) is 7.15. The van der Waals surface area contributed by atoms with E-state index in [0.717, 1.165) is 4.31 Å². The Hall–Kier alpha value is -1.19. The van der Waals surface area contributed by atoms with Crippen molar-refractivity contribution >= 4 is 21.9 Å². The summed E-state index contributed by atoms with van der Waals surface area (Å²) in [7, 11) is -3.37. The second-order valence-corrected chi connectivity index (χ2v) is 8.30. The molecule has 1 atom stereocenters. The van der Waals surface area contributed by atoms with Gasteiger partial charge in [0.1, 0.15) is 6.04 Å². The van der Waals surface area contributed by atoms with Gasteiger partial charge >= 0.3 is 5.97 Å². The van der Waals surface area contributed by atoms with E-state index in [-0.39, 0.29) is 25.3 Å². The standard InChI is InChI=1S/C13H24N2O6S/c1-13(2,3)21-7-5-10(12(17)18)14-11(16)9-15-6-4-8-22(15,19)20/h10H,4-9H2,1-3H3,(H,14,16)(H,17,18). The molecule has 128 valence electrons. The molecule has 0 radical (unpaired) electrons. The predicted octanol–water partition coefficient (Wildman–Crippen LogP) is -0.203. The van der Waals surface area contributed by atoms with Crippen molar-refractivity contribution in [1.82, 2.24) is 9.62 Å². The minimum Gasteiger partial charge on any atom is -0.480 e. The number of carboxylic acids is 1. The first-order valence-corrected chi connectivity index (χ1v) is 8.76. The lowest BCUT2D eigenvalue weighted by Crippen LogP contribution is -2.46. The molecule has 1 fully saturated rings. The van der Waals surface area contributed by atoms with Crippen molar-refractivity contribution in [1.29, 1.82) is 0 Å². The molecule has 1 aliphatic rings. The highest BCUT2D eigenvalue weighted by molar-refractivity contribution is 7.89. The Balaban J connectivity index is 2.49. The van der Waals surface area contributed by atoms with Crippen LogP contribution in [0.5, 0.6) is 0 Å². The molecule has 1 amide bonds. The zero-order valence-corrected chi connectivity index (χ0v) is 14.0. The summed E-state index contributed by atoms with van der Waals surface area (Å²) in [6, 6.07) is -1.10. The van der Waals surface area contributed by atoms with E-state index >= 15 is 0 Å². The Bertz CT molecular complexity index is 511. The molecule has 8 nitrogen and oxygen atoms in total. The van der Waals surface area contributed by atoms with E-state index in [1.165, 1.54) is 0 Å². The zero-order valence-electron chi connectivity index (χ0n) is 13.2. The summed E-state index contributed by atoms with van der Waals surface area (Å²) >= 11 is 0. The van der Waals surface area contributed by atoms with Gasteiger partial charge in [-0.15, -0.1) is 0 Å². The van der Waals surface area contributed by atoms with Crippen molar-refractivity contribution < 1.29 is 27.9 Å². The van der Waals surface area contributed by atoms with Crippen LogP contribution in [0, 0.1) is 0 Å². The van der Waals surface area contributed by atoms with Gasteiger partial charge in [-0.3, -0.25) is 4.79 Å². The maximum absolute atomic E-state index is 11.8. The van der Waals surface area contributed by atoms with E-state index in [0.29, 0.717) is 13.0 Å². The Kier molecular flexibility index (Phi) is 6.33. The summed E-state index contributed by atoms with van der Waals surface area (Å²) in [5.41, 5.74) is -0.392. The average Bonchev–Trinajstić information content (AvgIpc) is 2.65. The Morgan fingerprint density at radius 2 is 2.00 bits per heavy atom. The smallest absolute Gasteiger partial charge is 0.326 e. The fourth-order valence-corrected chi connectivity index (χ4v) is 3.48. The molecule has 1 unspecified atom stereocenters. The first-order chi connectivity index (χ1) is 10.0. The summed E-state index contributed by atoms with van der Waals surface area (Å²) in [5.74, 6) is -1.76. The van der Waals surface area contributed by atoms with Gasteiger partial charge in [0.25, 0.3) is 0 Å². The summed E-state index contributed by atoms with van der Waals surface area (Å²) in [4.78, 5) is 23.0. The number of aliphatic carboxylic acids is 1. The maximum atomic E-state index is 11.8. The van der Waals surface area contributed by atoms with Gasteiger partial charge < -0.3 is 15.2 Å². The minimum atomic E-state index is -3.37. The van der Waals surface area contributed by atoms with Crippen LogP contribution in [0.15, 0.2) is 0 Å². The minimum absolute atomic E-state index is 0.0298. The molecule has 0 aliphatic carbocycles. The normalized spacial score (nSPS) is 19.8. The molecule has 0 aromatic rings. The van der Waals surface area contributed by atoms with Crippen molar-refractivity contribution in [3.05, 3.63) is 0 Å². The largest absolute Gasteiger partial charge is 0.480 e. The van der Waals surface area contributed by atoms with Crippen LogP contribution >= 0.6 is 0 Å². The topological polar surface area (TPSA) is 113 Å². The molecule has 1 saturated heterocycles. The molecular weight excluding hydrogens is 312 g/mol. The summed E-state index contributed by atoms with van der Waals surface area (Å²) in [5, 5.41) is 11.5. The fraction of sp³-hybridized carbons (Fsp3) is 0.846. The number of amides is 1. The zero-order chi connectivity index (χ0) is 17.0. The third-order valence-electron chi connectivity index (χ3n) is 3.10. The number of hydrogen-bond acceptors (Lipinski definition) is 5. The number of nitrogens with one attached hydrogen (secondary N) is 1. The lowest BCUT2D eigenvalue weighted by atomic mass is 10.2. The Labute approximate surface area is 130 Å². The van der Waals surface area contributed by atoms with Gasteiger partial charge in [-0.1, -0.05) is 0 Å². The number of sulfonamides is 1. The third-order valence-corrected chi connectivity index (χ3v) is 5.00. The number of ether oxygens (including phenoxy) is 1. The molecule has 0 bridgehead atoms. The van der Waals surface area contributed by atoms with E-state index in [2.05, 4.69) is 5.32 Å².